The summed E-state index contributed by atoms with van der Waals surface area (Å²) in [4.78, 5) is 19.2. The molecule has 1 aromatic heterocycles. The van der Waals surface area contributed by atoms with Crippen molar-refractivity contribution >= 4 is 5.91 Å². The quantitative estimate of drug-likeness (QED) is 0.856. The predicted octanol–water partition coefficient (Wildman–Crippen LogP) is 2.72. The van der Waals surface area contributed by atoms with Crippen LogP contribution in [0.25, 0.3) is 0 Å². The van der Waals surface area contributed by atoms with Gasteiger partial charge in [0.05, 0.1) is 12.6 Å². The molecule has 0 unspecified atom stereocenters. The van der Waals surface area contributed by atoms with Gasteiger partial charge in [-0.1, -0.05) is 12.1 Å². The fourth-order valence-electron chi connectivity index (χ4n) is 4.08. The second-order valence-electron chi connectivity index (χ2n) is 6.78. The number of ether oxygens (including phenoxy) is 2. The predicted molar refractivity (Wildman–Crippen MR) is 89.7 cm³/mol. The molecule has 128 valence electrons. The summed E-state index contributed by atoms with van der Waals surface area (Å²) in [7, 11) is 0. The van der Waals surface area contributed by atoms with Crippen molar-refractivity contribution in [1.82, 2.24) is 9.88 Å². The van der Waals surface area contributed by atoms with E-state index in [1.165, 1.54) is 6.42 Å². The number of hydrogen-bond acceptors (Lipinski definition) is 4. The summed E-state index contributed by atoms with van der Waals surface area (Å²) < 4.78 is 12.0. The molecule has 4 rings (SSSR count). The van der Waals surface area contributed by atoms with Crippen molar-refractivity contribution in [3.8, 4) is 5.88 Å². The Kier molecular flexibility index (Phi) is 4.52. The summed E-state index contributed by atoms with van der Waals surface area (Å²) in [5.74, 6) is 0.844. The number of morpholine rings is 1. The van der Waals surface area contributed by atoms with Crippen molar-refractivity contribution < 1.29 is 14.3 Å². The fraction of sp³-hybridized carbons (Fsp3) is 0.579. The van der Waals surface area contributed by atoms with Gasteiger partial charge in [-0.25, -0.2) is 4.98 Å². The van der Waals surface area contributed by atoms with E-state index in [4.69, 9.17) is 9.47 Å². The minimum absolute atomic E-state index is 0.0270. The Morgan fingerprint density at radius 3 is 3.04 bits per heavy atom. The Balaban J connectivity index is 1.46. The molecule has 3 atom stereocenters. The molecule has 1 amide bonds. The highest BCUT2D eigenvalue weighted by molar-refractivity contribution is 5.93. The number of rotatable bonds is 3. The molecule has 1 saturated heterocycles. The zero-order valence-electron chi connectivity index (χ0n) is 13.9. The van der Waals surface area contributed by atoms with Crippen LogP contribution in [-0.2, 0) is 9.53 Å². The molecule has 2 aliphatic carbocycles. The number of nitrogens with zero attached hydrogens (tertiary/aromatic N) is 2. The van der Waals surface area contributed by atoms with Crippen molar-refractivity contribution in [2.75, 3.05) is 13.2 Å². The van der Waals surface area contributed by atoms with Crippen molar-refractivity contribution in [2.45, 2.75) is 56.8 Å². The lowest BCUT2D eigenvalue weighted by atomic mass is 9.97. The Hall–Kier alpha value is -1.88. The smallest absolute Gasteiger partial charge is 0.249 e. The summed E-state index contributed by atoms with van der Waals surface area (Å²) in [5, 5.41) is 0. The molecule has 1 aliphatic heterocycles. The molecule has 0 bridgehead atoms. The van der Waals surface area contributed by atoms with E-state index in [2.05, 4.69) is 11.1 Å². The molecule has 0 N–H and O–H groups in total. The first kappa shape index (κ1) is 15.6. The topological polar surface area (TPSA) is 51.7 Å². The Morgan fingerprint density at radius 1 is 1.29 bits per heavy atom. The van der Waals surface area contributed by atoms with Crippen LogP contribution in [0, 0.1) is 0 Å². The second-order valence-corrected chi connectivity index (χ2v) is 6.78. The summed E-state index contributed by atoms with van der Waals surface area (Å²) in [5.41, 5.74) is 0.996. The van der Waals surface area contributed by atoms with Gasteiger partial charge in [0.2, 0.25) is 11.8 Å². The maximum atomic E-state index is 12.9. The van der Waals surface area contributed by atoms with E-state index in [1.54, 1.807) is 6.20 Å². The lowest BCUT2D eigenvalue weighted by molar-refractivity contribution is -0.144. The van der Waals surface area contributed by atoms with Crippen molar-refractivity contribution in [3.63, 3.8) is 0 Å². The summed E-state index contributed by atoms with van der Waals surface area (Å²) >= 11 is 0. The molecule has 2 fully saturated rings. The number of carbonyl (C=O) groups is 1. The number of aromatic nitrogens is 1. The molecule has 0 spiro atoms. The first-order chi connectivity index (χ1) is 11.8. The number of fused-ring (bicyclic) bond motifs is 1. The van der Waals surface area contributed by atoms with Crippen LogP contribution in [0.5, 0.6) is 5.88 Å². The normalized spacial score (nSPS) is 29.8. The van der Waals surface area contributed by atoms with E-state index in [0.717, 1.165) is 37.7 Å². The van der Waals surface area contributed by atoms with Crippen LogP contribution in [0.2, 0.25) is 0 Å². The van der Waals surface area contributed by atoms with Crippen molar-refractivity contribution in [2.24, 2.45) is 0 Å². The Bertz CT molecular complexity index is 616. The molecule has 0 radical (unpaired) electrons. The minimum atomic E-state index is -0.0473. The average molecular weight is 328 g/mol. The van der Waals surface area contributed by atoms with Gasteiger partial charge in [0.15, 0.2) is 0 Å². The fourth-order valence-corrected chi connectivity index (χ4v) is 4.08. The number of amides is 1. The van der Waals surface area contributed by atoms with E-state index in [0.29, 0.717) is 19.0 Å². The van der Waals surface area contributed by atoms with Gasteiger partial charge in [-0.2, -0.15) is 0 Å². The molecule has 24 heavy (non-hydrogen) atoms. The number of allylic oxidation sites excluding steroid dienone is 1. The number of hydrogen-bond donors (Lipinski definition) is 0. The zero-order chi connectivity index (χ0) is 16.4. The van der Waals surface area contributed by atoms with Gasteiger partial charge < -0.3 is 14.4 Å². The van der Waals surface area contributed by atoms with Gasteiger partial charge in [0, 0.05) is 24.4 Å². The van der Waals surface area contributed by atoms with Gasteiger partial charge in [-0.15, -0.1) is 0 Å². The van der Waals surface area contributed by atoms with Gasteiger partial charge in [0.25, 0.3) is 0 Å². The first-order valence-corrected chi connectivity index (χ1v) is 9.02. The molecular formula is C19H24N2O3. The molecular weight excluding hydrogens is 304 g/mol. The van der Waals surface area contributed by atoms with Crippen LogP contribution >= 0.6 is 0 Å². The monoisotopic (exact) mass is 328 g/mol. The SMILES string of the molecule is O=C(C1=CCCCC1)N1CCO[C@H]2[C@H](Oc3ccccn3)CC[C@@H]21. The lowest BCUT2D eigenvalue weighted by Crippen LogP contribution is -2.54. The van der Waals surface area contributed by atoms with Crippen molar-refractivity contribution in [3.05, 3.63) is 36.0 Å². The molecule has 0 aromatic carbocycles. The molecule has 5 heteroatoms. The highest BCUT2D eigenvalue weighted by atomic mass is 16.5. The molecule has 5 nitrogen and oxygen atoms in total. The van der Waals surface area contributed by atoms with E-state index in [-0.39, 0.29) is 24.2 Å². The third-order valence-corrected chi connectivity index (χ3v) is 5.27. The summed E-state index contributed by atoms with van der Waals surface area (Å²) in [6, 6.07) is 5.79. The van der Waals surface area contributed by atoms with Crippen molar-refractivity contribution in [1.29, 1.82) is 0 Å². The zero-order valence-corrected chi connectivity index (χ0v) is 13.9. The van der Waals surface area contributed by atoms with E-state index >= 15 is 0 Å². The molecule has 2 heterocycles. The van der Waals surface area contributed by atoms with Crippen LogP contribution in [0.4, 0.5) is 0 Å². The van der Waals surface area contributed by atoms with Crippen LogP contribution < -0.4 is 4.74 Å². The third-order valence-electron chi connectivity index (χ3n) is 5.27. The third kappa shape index (κ3) is 3.05. The van der Waals surface area contributed by atoms with E-state index in [1.807, 2.05) is 23.1 Å². The van der Waals surface area contributed by atoms with Gasteiger partial charge >= 0.3 is 0 Å². The number of pyridine rings is 1. The van der Waals surface area contributed by atoms with E-state index in [9.17, 15) is 4.79 Å². The lowest BCUT2D eigenvalue weighted by Gasteiger charge is -2.39. The maximum absolute atomic E-state index is 12.9. The summed E-state index contributed by atoms with van der Waals surface area (Å²) in [6.45, 7) is 1.27. The standard InChI is InChI=1S/C19H24N2O3/c22-19(14-6-2-1-3-7-14)21-12-13-23-18-15(21)9-10-16(18)24-17-8-4-5-11-20-17/h4-6,8,11,15-16,18H,1-3,7,9-10,12-13H2/t15-,16+,18+/m0/s1. The Labute approximate surface area is 142 Å². The van der Waals surface area contributed by atoms with Crippen LogP contribution in [-0.4, -0.2) is 47.2 Å². The van der Waals surface area contributed by atoms with E-state index < -0.39 is 0 Å². The highest BCUT2D eigenvalue weighted by Gasteiger charge is 2.46. The van der Waals surface area contributed by atoms with Crippen LogP contribution in [0.3, 0.4) is 0 Å². The van der Waals surface area contributed by atoms with Crippen LogP contribution in [0.15, 0.2) is 36.0 Å². The summed E-state index contributed by atoms with van der Waals surface area (Å²) in [6.07, 6.45) is 9.90. The van der Waals surface area contributed by atoms with Crippen LogP contribution in [0.1, 0.15) is 38.5 Å². The molecule has 1 saturated carbocycles. The van der Waals surface area contributed by atoms with Gasteiger partial charge in [-0.3, -0.25) is 4.79 Å². The largest absolute Gasteiger partial charge is 0.471 e. The molecule has 3 aliphatic rings. The first-order valence-electron chi connectivity index (χ1n) is 9.02. The molecule has 1 aromatic rings. The second kappa shape index (κ2) is 6.93. The van der Waals surface area contributed by atoms with Gasteiger partial charge in [0.1, 0.15) is 12.2 Å². The highest BCUT2D eigenvalue weighted by Crippen LogP contribution is 2.34. The van der Waals surface area contributed by atoms with Gasteiger partial charge in [-0.05, 0) is 44.6 Å². The maximum Gasteiger partial charge on any atom is 0.249 e. The Morgan fingerprint density at radius 2 is 2.25 bits per heavy atom. The average Bonchev–Trinajstić information content (AvgIpc) is 3.06. The minimum Gasteiger partial charge on any atom is -0.471 e. The number of carbonyl (C=O) groups excluding carboxylic acids is 1.